The highest BCUT2D eigenvalue weighted by atomic mass is 19.4. The molecular formula is C18H18F3N3O. The molecule has 1 fully saturated rings. The Morgan fingerprint density at radius 3 is 2.52 bits per heavy atom. The molecule has 0 N–H and O–H groups in total. The molecule has 0 unspecified atom stereocenters. The lowest BCUT2D eigenvalue weighted by atomic mass is 10.1. The number of aryl methyl sites for hydroxylation is 1. The first-order chi connectivity index (χ1) is 11.8. The molecule has 1 heterocycles. The Hall–Kier alpha value is -2.44. The van der Waals surface area contributed by atoms with Crippen LogP contribution in [0.4, 0.5) is 18.9 Å². The van der Waals surface area contributed by atoms with Gasteiger partial charge in [-0.3, -0.25) is 9.78 Å². The van der Waals surface area contributed by atoms with Crippen LogP contribution >= 0.6 is 0 Å². The van der Waals surface area contributed by atoms with Gasteiger partial charge in [0.25, 0.3) is 5.91 Å². The van der Waals surface area contributed by atoms with Crippen molar-refractivity contribution in [3.05, 3.63) is 53.6 Å². The predicted molar refractivity (Wildman–Crippen MR) is 87.2 cm³/mol. The third-order valence-corrected chi connectivity index (χ3v) is 4.38. The molecule has 7 heteroatoms. The van der Waals surface area contributed by atoms with Crippen molar-refractivity contribution in [1.29, 1.82) is 0 Å². The number of benzene rings is 1. The number of halogens is 3. The molecule has 132 valence electrons. The van der Waals surface area contributed by atoms with Gasteiger partial charge < -0.3 is 4.90 Å². The second-order valence-corrected chi connectivity index (χ2v) is 6.34. The summed E-state index contributed by atoms with van der Waals surface area (Å²) in [5.74, 6) is -0.150. The Bertz CT molecular complexity index is 770. The van der Waals surface area contributed by atoms with Crippen LogP contribution in [0.1, 0.15) is 41.5 Å². The average Bonchev–Trinajstić information content (AvgIpc) is 3.40. The molecule has 25 heavy (non-hydrogen) atoms. The van der Waals surface area contributed by atoms with Crippen molar-refractivity contribution < 1.29 is 18.0 Å². The van der Waals surface area contributed by atoms with Crippen molar-refractivity contribution in [2.24, 2.45) is 5.92 Å². The summed E-state index contributed by atoms with van der Waals surface area (Å²) in [4.78, 5) is 22.5. The number of nitrogens with zero attached hydrogens (tertiary/aromatic N) is 3. The Morgan fingerprint density at radius 2 is 1.96 bits per heavy atom. The van der Waals surface area contributed by atoms with E-state index in [1.54, 1.807) is 6.92 Å². The molecule has 1 amide bonds. The van der Waals surface area contributed by atoms with E-state index in [2.05, 4.69) is 9.97 Å². The van der Waals surface area contributed by atoms with Gasteiger partial charge in [0.05, 0.1) is 17.5 Å². The number of carbonyl (C=O) groups is 1. The SMILES string of the molecule is Cc1cnc(C(=O)N(c2cccc(C(F)(F)F)c2)[C@H](C)C2CC2)cn1. The van der Waals surface area contributed by atoms with Gasteiger partial charge in [0, 0.05) is 17.9 Å². The monoisotopic (exact) mass is 349 g/mol. The maximum Gasteiger partial charge on any atom is 0.416 e. The van der Waals surface area contributed by atoms with Crippen LogP contribution in [0, 0.1) is 12.8 Å². The molecule has 1 atom stereocenters. The second-order valence-electron chi connectivity index (χ2n) is 6.34. The largest absolute Gasteiger partial charge is 0.416 e. The van der Waals surface area contributed by atoms with Crippen LogP contribution in [0.5, 0.6) is 0 Å². The van der Waals surface area contributed by atoms with Gasteiger partial charge >= 0.3 is 6.18 Å². The Morgan fingerprint density at radius 1 is 1.24 bits per heavy atom. The van der Waals surface area contributed by atoms with E-state index in [4.69, 9.17) is 0 Å². The first-order valence-electron chi connectivity index (χ1n) is 8.07. The summed E-state index contributed by atoms with van der Waals surface area (Å²) in [7, 11) is 0. The number of hydrogen-bond donors (Lipinski definition) is 0. The zero-order chi connectivity index (χ0) is 18.2. The van der Waals surface area contributed by atoms with Gasteiger partial charge in [-0.1, -0.05) is 6.07 Å². The fourth-order valence-electron chi connectivity index (χ4n) is 2.79. The van der Waals surface area contributed by atoms with E-state index >= 15 is 0 Å². The molecule has 1 aromatic heterocycles. The molecule has 3 rings (SSSR count). The lowest BCUT2D eigenvalue weighted by molar-refractivity contribution is -0.137. The maximum atomic E-state index is 13.0. The first-order valence-corrected chi connectivity index (χ1v) is 8.07. The summed E-state index contributed by atoms with van der Waals surface area (Å²) >= 11 is 0. The van der Waals surface area contributed by atoms with E-state index in [1.807, 2.05) is 6.92 Å². The highest BCUT2D eigenvalue weighted by Gasteiger charge is 2.37. The van der Waals surface area contributed by atoms with Crippen LogP contribution < -0.4 is 4.90 Å². The summed E-state index contributed by atoms with van der Waals surface area (Å²) < 4.78 is 39.1. The van der Waals surface area contributed by atoms with Gasteiger partial charge in [0.1, 0.15) is 5.69 Å². The van der Waals surface area contributed by atoms with E-state index < -0.39 is 17.6 Å². The number of alkyl halides is 3. The molecule has 0 saturated heterocycles. The predicted octanol–water partition coefficient (Wildman–Crippen LogP) is 4.25. The van der Waals surface area contributed by atoms with Crippen molar-refractivity contribution in [2.75, 3.05) is 4.90 Å². The smallest absolute Gasteiger partial charge is 0.304 e. The quantitative estimate of drug-likeness (QED) is 0.829. The number of rotatable bonds is 4. The van der Waals surface area contributed by atoms with Crippen molar-refractivity contribution in [3.8, 4) is 0 Å². The van der Waals surface area contributed by atoms with Crippen LogP contribution in [0.25, 0.3) is 0 Å². The molecule has 4 nitrogen and oxygen atoms in total. The van der Waals surface area contributed by atoms with Gasteiger partial charge in [0.15, 0.2) is 0 Å². The summed E-state index contributed by atoms with van der Waals surface area (Å²) in [5.41, 5.74) is 0.232. The molecule has 0 bridgehead atoms. The molecule has 2 aromatic rings. The average molecular weight is 349 g/mol. The van der Waals surface area contributed by atoms with E-state index in [0.717, 1.165) is 25.0 Å². The highest BCUT2D eigenvalue weighted by Crippen LogP contribution is 2.39. The molecular weight excluding hydrogens is 331 g/mol. The fraction of sp³-hybridized carbons (Fsp3) is 0.389. The van der Waals surface area contributed by atoms with Gasteiger partial charge in [-0.2, -0.15) is 13.2 Å². The third-order valence-electron chi connectivity index (χ3n) is 4.38. The summed E-state index contributed by atoms with van der Waals surface area (Å²) in [6.45, 7) is 3.61. The minimum absolute atomic E-state index is 0.121. The van der Waals surface area contributed by atoms with Crippen LogP contribution in [0.2, 0.25) is 0 Å². The molecule has 1 aromatic carbocycles. The van der Waals surface area contributed by atoms with Crippen molar-refractivity contribution in [2.45, 2.75) is 38.9 Å². The topological polar surface area (TPSA) is 46.1 Å². The molecule has 1 saturated carbocycles. The Labute approximate surface area is 143 Å². The van der Waals surface area contributed by atoms with E-state index in [0.29, 0.717) is 5.69 Å². The number of aromatic nitrogens is 2. The Kier molecular flexibility index (Phi) is 4.49. The zero-order valence-electron chi connectivity index (χ0n) is 13.9. The van der Waals surface area contributed by atoms with Crippen molar-refractivity contribution in [1.82, 2.24) is 9.97 Å². The summed E-state index contributed by atoms with van der Waals surface area (Å²) in [5, 5.41) is 0. The van der Waals surface area contributed by atoms with Crippen molar-refractivity contribution in [3.63, 3.8) is 0 Å². The van der Waals surface area contributed by atoms with Gasteiger partial charge in [-0.15, -0.1) is 0 Å². The lowest BCUT2D eigenvalue weighted by Crippen LogP contribution is -2.40. The second kappa shape index (κ2) is 6.46. The number of amides is 1. The van der Waals surface area contributed by atoms with E-state index in [-0.39, 0.29) is 23.3 Å². The summed E-state index contributed by atoms with van der Waals surface area (Å²) in [6, 6.07) is 4.64. The van der Waals surface area contributed by atoms with Crippen molar-refractivity contribution >= 4 is 11.6 Å². The van der Waals surface area contributed by atoms with Crippen LogP contribution in [-0.4, -0.2) is 21.9 Å². The van der Waals surface area contributed by atoms with Gasteiger partial charge in [0.2, 0.25) is 0 Å². The van der Waals surface area contributed by atoms with E-state index in [1.165, 1.54) is 29.4 Å². The van der Waals surface area contributed by atoms with Crippen LogP contribution in [0.3, 0.4) is 0 Å². The molecule has 1 aliphatic rings. The normalized spacial score (nSPS) is 15.7. The summed E-state index contributed by atoms with van der Waals surface area (Å²) in [6.07, 6.45) is 0.293. The molecule has 0 radical (unpaired) electrons. The fourth-order valence-corrected chi connectivity index (χ4v) is 2.79. The Balaban J connectivity index is 2.00. The first kappa shape index (κ1) is 17.4. The maximum absolute atomic E-state index is 13.0. The van der Waals surface area contributed by atoms with Crippen LogP contribution in [-0.2, 0) is 6.18 Å². The number of carbonyl (C=O) groups excluding carboxylic acids is 1. The lowest BCUT2D eigenvalue weighted by Gasteiger charge is -2.29. The standard InChI is InChI=1S/C18H18F3N3O/c1-11-9-23-16(10-22-11)17(25)24(12(2)13-6-7-13)15-5-3-4-14(8-15)18(19,20)21/h3-5,8-10,12-13H,6-7H2,1-2H3/t12-/m1/s1. The molecule has 0 aliphatic heterocycles. The molecule has 0 spiro atoms. The molecule has 1 aliphatic carbocycles. The van der Waals surface area contributed by atoms with E-state index in [9.17, 15) is 18.0 Å². The number of hydrogen-bond acceptors (Lipinski definition) is 3. The van der Waals surface area contributed by atoms with Gasteiger partial charge in [-0.05, 0) is 50.8 Å². The minimum atomic E-state index is -4.46. The minimum Gasteiger partial charge on any atom is -0.304 e. The zero-order valence-corrected chi connectivity index (χ0v) is 13.9. The van der Waals surface area contributed by atoms with Crippen LogP contribution in [0.15, 0.2) is 36.7 Å². The number of anilines is 1. The highest BCUT2D eigenvalue weighted by molar-refractivity contribution is 6.05. The third kappa shape index (κ3) is 3.81. The van der Waals surface area contributed by atoms with Gasteiger partial charge in [-0.25, -0.2) is 4.98 Å².